The molecule has 0 saturated carbocycles. The van der Waals surface area contributed by atoms with Gasteiger partial charge in [0, 0.05) is 25.1 Å². The maximum atomic E-state index is 12.6. The van der Waals surface area contributed by atoms with Gasteiger partial charge in [0.25, 0.3) is 5.91 Å². The molecule has 136 valence electrons. The average molecular weight is 356 g/mol. The van der Waals surface area contributed by atoms with Crippen LogP contribution in [0, 0.1) is 0 Å². The zero-order valence-electron chi connectivity index (χ0n) is 14.4. The van der Waals surface area contributed by atoms with Gasteiger partial charge in [-0.2, -0.15) is 5.10 Å². The summed E-state index contributed by atoms with van der Waals surface area (Å²) in [5.74, 6) is -0.908. The van der Waals surface area contributed by atoms with E-state index < -0.39 is 5.97 Å². The molecule has 1 saturated heterocycles. The minimum atomic E-state index is -0.609. The Morgan fingerprint density at radius 2 is 2.12 bits per heavy atom. The summed E-state index contributed by atoms with van der Waals surface area (Å²) in [5.41, 5.74) is 0.965. The van der Waals surface area contributed by atoms with E-state index in [0.717, 1.165) is 6.42 Å². The van der Waals surface area contributed by atoms with Crippen LogP contribution in [0.5, 0.6) is 0 Å². The summed E-state index contributed by atoms with van der Waals surface area (Å²) in [5, 5.41) is 9.87. The van der Waals surface area contributed by atoms with Crippen molar-refractivity contribution < 1.29 is 19.1 Å². The number of nitrogens with one attached hydrogen (secondary N) is 2. The molecule has 0 spiro atoms. The van der Waals surface area contributed by atoms with E-state index in [0.29, 0.717) is 25.1 Å². The number of aromatic nitrogens is 2. The maximum absolute atomic E-state index is 12.6. The first-order chi connectivity index (χ1) is 12.6. The lowest BCUT2D eigenvalue weighted by molar-refractivity contribution is -0.119. The molecule has 26 heavy (non-hydrogen) atoms. The standard InChI is InChI=1S/C18H20N4O4/c1-26-18(25)14-11-15(22(21-14)13-5-3-2-4-6-13)17(24)19-10-9-12-7-8-16(23)20-12/h2-6,11-12H,7-10H2,1H3,(H,19,24)(H,20,23). The summed E-state index contributed by atoms with van der Waals surface area (Å²) >= 11 is 0. The molecular formula is C18H20N4O4. The lowest BCUT2D eigenvalue weighted by Gasteiger charge is -2.11. The molecule has 2 heterocycles. The Labute approximate surface area is 150 Å². The Morgan fingerprint density at radius 3 is 2.77 bits per heavy atom. The fraction of sp³-hybridized carbons (Fsp3) is 0.333. The van der Waals surface area contributed by atoms with Crippen LogP contribution < -0.4 is 10.6 Å². The van der Waals surface area contributed by atoms with Crippen LogP contribution >= 0.6 is 0 Å². The molecule has 0 bridgehead atoms. The van der Waals surface area contributed by atoms with E-state index in [1.54, 1.807) is 12.1 Å². The van der Waals surface area contributed by atoms with E-state index in [9.17, 15) is 14.4 Å². The number of hydrogen-bond acceptors (Lipinski definition) is 5. The third-order valence-corrected chi connectivity index (χ3v) is 4.20. The van der Waals surface area contributed by atoms with Gasteiger partial charge in [0.2, 0.25) is 5.91 Å². The SMILES string of the molecule is COC(=O)c1cc(C(=O)NCCC2CCC(=O)N2)n(-c2ccccc2)n1. The Hall–Kier alpha value is -3.16. The smallest absolute Gasteiger partial charge is 0.358 e. The van der Waals surface area contributed by atoms with Crippen molar-refractivity contribution in [1.29, 1.82) is 0 Å². The Morgan fingerprint density at radius 1 is 1.35 bits per heavy atom. The maximum Gasteiger partial charge on any atom is 0.358 e. The first kappa shape index (κ1) is 17.7. The van der Waals surface area contributed by atoms with Gasteiger partial charge in [-0.05, 0) is 25.0 Å². The number of amides is 2. The fourth-order valence-corrected chi connectivity index (χ4v) is 2.86. The van der Waals surface area contributed by atoms with Crippen molar-refractivity contribution in [3.05, 3.63) is 47.8 Å². The van der Waals surface area contributed by atoms with Crippen LogP contribution in [-0.4, -0.2) is 47.3 Å². The third-order valence-electron chi connectivity index (χ3n) is 4.20. The zero-order chi connectivity index (χ0) is 18.5. The van der Waals surface area contributed by atoms with Crippen LogP contribution in [0.4, 0.5) is 0 Å². The normalized spacial score (nSPS) is 16.2. The Bertz CT molecular complexity index is 816. The van der Waals surface area contributed by atoms with E-state index in [2.05, 4.69) is 15.7 Å². The quantitative estimate of drug-likeness (QED) is 0.754. The molecule has 3 rings (SSSR count). The van der Waals surface area contributed by atoms with Crippen molar-refractivity contribution >= 4 is 17.8 Å². The highest BCUT2D eigenvalue weighted by Crippen LogP contribution is 2.14. The number of esters is 1. The first-order valence-electron chi connectivity index (χ1n) is 8.40. The monoisotopic (exact) mass is 356 g/mol. The van der Waals surface area contributed by atoms with Gasteiger partial charge in [0.05, 0.1) is 12.8 Å². The third kappa shape index (κ3) is 3.90. The largest absolute Gasteiger partial charge is 0.464 e. The number of carbonyl (C=O) groups is 3. The fourth-order valence-electron chi connectivity index (χ4n) is 2.86. The van der Waals surface area contributed by atoms with Gasteiger partial charge in [0.1, 0.15) is 5.69 Å². The van der Waals surface area contributed by atoms with Gasteiger partial charge in [-0.3, -0.25) is 9.59 Å². The molecule has 1 fully saturated rings. The number of para-hydroxylation sites is 1. The van der Waals surface area contributed by atoms with Gasteiger partial charge in [-0.1, -0.05) is 18.2 Å². The van der Waals surface area contributed by atoms with Crippen LogP contribution in [0.25, 0.3) is 5.69 Å². The Kier molecular flexibility index (Phi) is 5.31. The number of methoxy groups -OCH3 is 1. The highest BCUT2D eigenvalue weighted by molar-refractivity contribution is 5.96. The number of nitrogens with zero attached hydrogens (tertiary/aromatic N) is 2. The molecule has 1 aliphatic rings. The minimum absolute atomic E-state index is 0.0474. The van der Waals surface area contributed by atoms with E-state index >= 15 is 0 Å². The second-order valence-electron chi connectivity index (χ2n) is 6.00. The topological polar surface area (TPSA) is 102 Å². The van der Waals surface area contributed by atoms with Crippen LogP contribution in [0.3, 0.4) is 0 Å². The summed E-state index contributed by atoms with van der Waals surface area (Å²) in [7, 11) is 1.26. The number of hydrogen-bond donors (Lipinski definition) is 2. The van der Waals surface area contributed by atoms with Gasteiger partial charge >= 0.3 is 5.97 Å². The molecule has 8 heteroatoms. The van der Waals surface area contributed by atoms with Crippen molar-refractivity contribution in [1.82, 2.24) is 20.4 Å². The first-order valence-corrected chi connectivity index (χ1v) is 8.40. The van der Waals surface area contributed by atoms with Crippen LogP contribution in [0.1, 0.15) is 40.2 Å². The lowest BCUT2D eigenvalue weighted by Crippen LogP contribution is -2.32. The van der Waals surface area contributed by atoms with Crippen molar-refractivity contribution in [2.45, 2.75) is 25.3 Å². The molecule has 1 aliphatic heterocycles. The second-order valence-corrected chi connectivity index (χ2v) is 6.00. The molecular weight excluding hydrogens is 336 g/mol. The van der Waals surface area contributed by atoms with Crippen LogP contribution in [0.15, 0.2) is 36.4 Å². The summed E-state index contributed by atoms with van der Waals surface area (Å²) in [4.78, 5) is 35.6. The summed E-state index contributed by atoms with van der Waals surface area (Å²) < 4.78 is 6.11. The van der Waals surface area contributed by atoms with E-state index in [-0.39, 0.29) is 29.2 Å². The zero-order valence-corrected chi connectivity index (χ0v) is 14.4. The molecule has 2 amide bonds. The molecule has 0 aliphatic carbocycles. The Balaban J connectivity index is 1.74. The predicted molar refractivity (Wildman–Crippen MR) is 93.0 cm³/mol. The second kappa shape index (κ2) is 7.81. The van der Waals surface area contributed by atoms with Gasteiger partial charge in [0.15, 0.2) is 5.69 Å². The van der Waals surface area contributed by atoms with Crippen molar-refractivity contribution in [2.75, 3.05) is 13.7 Å². The minimum Gasteiger partial charge on any atom is -0.464 e. The van der Waals surface area contributed by atoms with Gasteiger partial charge in [-0.25, -0.2) is 9.48 Å². The van der Waals surface area contributed by atoms with Crippen LogP contribution in [0.2, 0.25) is 0 Å². The lowest BCUT2D eigenvalue weighted by atomic mass is 10.1. The number of rotatable bonds is 6. The van der Waals surface area contributed by atoms with E-state index in [1.165, 1.54) is 17.9 Å². The molecule has 1 aromatic carbocycles. The number of benzene rings is 1. The van der Waals surface area contributed by atoms with Crippen LogP contribution in [-0.2, 0) is 9.53 Å². The summed E-state index contributed by atoms with van der Waals surface area (Å²) in [6.45, 7) is 0.414. The molecule has 1 atom stereocenters. The molecule has 2 N–H and O–H groups in total. The van der Waals surface area contributed by atoms with E-state index in [1.807, 2.05) is 18.2 Å². The predicted octanol–water partition coefficient (Wildman–Crippen LogP) is 1.06. The van der Waals surface area contributed by atoms with Crippen molar-refractivity contribution in [2.24, 2.45) is 0 Å². The van der Waals surface area contributed by atoms with Gasteiger partial charge < -0.3 is 15.4 Å². The number of carbonyl (C=O) groups excluding carboxylic acids is 3. The molecule has 0 radical (unpaired) electrons. The molecule has 2 aromatic rings. The van der Waals surface area contributed by atoms with Gasteiger partial charge in [-0.15, -0.1) is 0 Å². The molecule has 1 aromatic heterocycles. The summed E-state index contributed by atoms with van der Waals surface area (Å²) in [6, 6.07) is 10.6. The molecule has 1 unspecified atom stereocenters. The highest BCUT2D eigenvalue weighted by Gasteiger charge is 2.22. The average Bonchev–Trinajstić information content (AvgIpc) is 3.28. The number of ether oxygens (including phenoxy) is 1. The highest BCUT2D eigenvalue weighted by atomic mass is 16.5. The van der Waals surface area contributed by atoms with Crippen molar-refractivity contribution in [3.8, 4) is 5.69 Å². The van der Waals surface area contributed by atoms with E-state index in [4.69, 9.17) is 4.74 Å². The van der Waals surface area contributed by atoms with Crippen molar-refractivity contribution in [3.63, 3.8) is 0 Å². The summed E-state index contributed by atoms with van der Waals surface area (Å²) in [6.07, 6.45) is 1.96. The molecule has 8 nitrogen and oxygen atoms in total.